The molecule has 0 radical (unpaired) electrons. The van der Waals surface area contributed by atoms with E-state index in [1.165, 1.54) is 0 Å². The van der Waals surface area contributed by atoms with Crippen LogP contribution in [-0.4, -0.2) is 4.98 Å². The van der Waals surface area contributed by atoms with E-state index in [2.05, 4.69) is 31.1 Å². The van der Waals surface area contributed by atoms with Crippen molar-refractivity contribution in [1.29, 1.82) is 0 Å². The Morgan fingerprint density at radius 3 is 2.44 bits per heavy atom. The Labute approximate surface area is 122 Å². The van der Waals surface area contributed by atoms with E-state index in [0.29, 0.717) is 10.0 Å². The van der Waals surface area contributed by atoms with E-state index in [0.717, 1.165) is 22.7 Å². The summed E-state index contributed by atoms with van der Waals surface area (Å²) in [4.78, 5) is 4.67. The van der Waals surface area contributed by atoms with Crippen molar-refractivity contribution < 1.29 is 0 Å². The Hall–Kier alpha value is -0.570. The van der Waals surface area contributed by atoms with Crippen LogP contribution < -0.4 is 0 Å². The molecule has 1 heterocycles. The SMILES string of the molecule is CC(C)(C)c1csc(Cc2ccc(Cl)c(Cl)c2)n1. The highest BCUT2D eigenvalue weighted by molar-refractivity contribution is 7.09. The van der Waals surface area contributed by atoms with Crippen molar-refractivity contribution in [3.05, 3.63) is 49.9 Å². The van der Waals surface area contributed by atoms with E-state index in [-0.39, 0.29) is 5.41 Å². The van der Waals surface area contributed by atoms with Crippen molar-refractivity contribution in [2.45, 2.75) is 32.6 Å². The molecule has 0 aliphatic heterocycles. The molecular formula is C14H15Cl2NS. The quantitative estimate of drug-likeness (QED) is 0.729. The molecule has 18 heavy (non-hydrogen) atoms. The lowest BCUT2D eigenvalue weighted by atomic mass is 9.93. The van der Waals surface area contributed by atoms with E-state index >= 15 is 0 Å². The fourth-order valence-electron chi connectivity index (χ4n) is 1.56. The van der Waals surface area contributed by atoms with Crippen molar-refractivity contribution in [2.24, 2.45) is 0 Å². The van der Waals surface area contributed by atoms with Crippen molar-refractivity contribution in [1.82, 2.24) is 4.98 Å². The van der Waals surface area contributed by atoms with Crippen LogP contribution in [0.1, 0.15) is 37.0 Å². The van der Waals surface area contributed by atoms with Crippen molar-refractivity contribution >= 4 is 34.5 Å². The van der Waals surface area contributed by atoms with Crippen molar-refractivity contribution in [2.75, 3.05) is 0 Å². The molecule has 0 N–H and O–H groups in total. The molecule has 0 saturated heterocycles. The van der Waals surface area contributed by atoms with Gasteiger partial charge in [0.05, 0.1) is 20.7 Å². The molecular weight excluding hydrogens is 285 g/mol. The standard InChI is InChI=1S/C14H15Cl2NS/c1-14(2,3)12-8-18-13(17-12)7-9-4-5-10(15)11(16)6-9/h4-6,8H,7H2,1-3H3. The van der Waals surface area contributed by atoms with Crippen LogP contribution >= 0.6 is 34.5 Å². The number of hydrogen-bond acceptors (Lipinski definition) is 2. The Kier molecular flexibility index (Phi) is 4.00. The number of thiazole rings is 1. The molecule has 1 aromatic heterocycles. The van der Waals surface area contributed by atoms with E-state index in [1.807, 2.05) is 18.2 Å². The normalized spacial score (nSPS) is 11.8. The highest BCUT2D eigenvalue weighted by atomic mass is 35.5. The summed E-state index contributed by atoms with van der Waals surface area (Å²) >= 11 is 13.6. The van der Waals surface area contributed by atoms with E-state index in [4.69, 9.17) is 23.2 Å². The molecule has 0 aliphatic rings. The minimum absolute atomic E-state index is 0.104. The molecule has 4 heteroatoms. The average molecular weight is 300 g/mol. The smallest absolute Gasteiger partial charge is 0.0972 e. The van der Waals surface area contributed by atoms with Crippen LogP contribution in [0.2, 0.25) is 10.0 Å². The third kappa shape index (κ3) is 3.25. The molecule has 0 unspecified atom stereocenters. The zero-order chi connectivity index (χ0) is 13.3. The predicted molar refractivity (Wildman–Crippen MR) is 80.1 cm³/mol. The zero-order valence-corrected chi connectivity index (χ0v) is 13.0. The summed E-state index contributed by atoms with van der Waals surface area (Å²) < 4.78 is 0. The summed E-state index contributed by atoms with van der Waals surface area (Å²) in [6, 6.07) is 5.73. The van der Waals surface area contributed by atoms with Gasteiger partial charge in [0.15, 0.2) is 0 Å². The van der Waals surface area contributed by atoms with E-state index in [1.54, 1.807) is 11.3 Å². The van der Waals surface area contributed by atoms with Gasteiger partial charge in [0, 0.05) is 17.2 Å². The molecule has 0 amide bonds. The highest BCUT2D eigenvalue weighted by Gasteiger charge is 2.17. The van der Waals surface area contributed by atoms with E-state index in [9.17, 15) is 0 Å². The molecule has 1 nitrogen and oxygen atoms in total. The molecule has 0 atom stereocenters. The maximum Gasteiger partial charge on any atom is 0.0972 e. The van der Waals surface area contributed by atoms with Gasteiger partial charge in [-0.1, -0.05) is 50.0 Å². The van der Waals surface area contributed by atoms with Crippen LogP contribution in [0.15, 0.2) is 23.6 Å². The average Bonchev–Trinajstić information content (AvgIpc) is 2.72. The minimum atomic E-state index is 0.104. The fraction of sp³-hybridized carbons (Fsp3) is 0.357. The van der Waals surface area contributed by atoms with Gasteiger partial charge in [-0.2, -0.15) is 0 Å². The molecule has 0 saturated carbocycles. The summed E-state index contributed by atoms with van der Waals surface area (Å²) in [5.41, 5.74) is 2.38. The number of hydrogen-bond donors (Lipinski definition) is 0. The second-order valence-electron chi connectivity index (χ2n) is 5.30. The molecule has 0 spiro atoms. The number of nitrogens with zero attached hydrogens (tertiary/aromatic N) is 1. The Balaban J connectivity index is 2.19. The van der Waals surface area contributed by atoms with Crippen LogP contribution in [0.3, 0.4) is 0 Å². The molecule has 1 aromatic carbocycles. The van der Waals surface area contributed by atoms with Crippen LogP contribution in [0, 0.1) is 0 Å². The van der Waals surface area contributed by atoms with Gasteiger partial charge in [0.25, 0.3) is 0 Å². The van der Waals surface area contributed by atoms with Gasteiger partial charge in [0.1, 0.15) is 0 Å². The molecule has 0 aliphatic carbocycles. The maximum absolute atomic E-state index is 6.01. The third-order valence-electron chi connectivity index (χ3n) is 2.66. The van der Waals surface area contributed by atoms with Crippen molar-refractivity contribution in [3.8, 4) is 0 Å². The Bertz CT molecular complexity index is 555. The monoisotopic (exact) mass is 299 g/mol. The van der Waals surface area contributed by atoms with Gasteiger partial charge in [-0.05, 0) is 17.7 Å². The topological polar surface area (TPSA) is 12.9 Å². The lowest BCUT2D eigenvalue weighted by molar-refractivity contribution is 0.571. The number of aromatic nitrogens is 1. The predicted octanol–water partition coefficient (Wildman–Crippen LogP) is 5.34. The summed E-state index contributed by atoms with van der Waals surface area (Å²) in [6.07, 6.45) is 0.803. The van der Waals surface area contributed by atoms with Crippen molar-refractivity contribution in [3.63, 3.8) is 0 Å². The Morgan fingerprint density at radius 2 is 1.89 bits per heavy atom. The highest BCUT2D eigenvalue weighted by Crippen LogP contribution is 2.27. The first-order chi connectivity index (χ1) is 8.36. The van der Waals surface area contributed by atoms with E-state index < -0.39 is 0 Å². The van der Waals surface area contributed by atoms with Gasteiger partial charge in [-0.15, -0.1) is 11.3 Å². The first kappa shape index (κ1) is 13.9. The second-order valence-corrected chi connectivity index (χ2v) is 7.06. The van der Waals surface area contributed by atoms with Crippen LogP contribution in [-0.2, 0) is 11.8 Å². The number of benzene rings is 1. The van der Waals surface area contributed by atoms with Gasteiger partial charge >= 0.3 is 0 Å². The molecule has 0 bridgehead atoms. The van der Waals surface area contributed by atoms with Gasteiger partial charge in [0.2, 0.25) is 0 Å². The lowest BCUT2D eigenvalue weighted by Gasteiger charge is -2.14. The summed E-state index contributed by atoms with van der Waals surface area (Å²) in [7, 11) is 0. The van der Waals surface area contributed by atoms with Gasteiger partial charge < -0.3 is 0 Å². The van der Waals surface area contributed by atoms with Crippen LogP contribution in [0.4, 0.5) is 0 Å². The second kappa shape index (κ2) is 5.20. The van der Waals surface area contributed by atoms with Gasteiger partial charge in [-0.25, -0.2) is 4.98 Å². The molecule has 0 fully saturated rings. The maximum atomic E-state index is 6.01. The fourth-order valence-corrected chi connectivity index (χ4v) is 2.94. The van der Waals surface area contributed by atoms with Gasteiger partial charge in [-0.3, -0.25) is 0 Å². The summed E-state index contributed by atoms with van der Waals surface area (Å²) in [5, 5.41) is 4.43. The molecule has 2 aromatic rings. The van der Waals surface area contributed by atoms with Crippen LogP contribution in [0.5, 0.6) is 0 Å². The molecule has 2 rings (SSSR count). The third-order valence-corrected chi connectivity index (χ3v) is 4.25. The minimum Gasteiger partial charge on any atom is -0.245 e. The largest absolute Gasteiger partial charge is 0.245 e. The Morgan fingerprint density at radius 1 is 1.17 bits per heavy atom. The molecule has 96 valence electrons. The first-order valence-electron chi connectivity index (χ1n) is 5.75. The van der Waals surface area contributed by atoms with Crippen LogP contribution in [0.25, 0.3) is 0 Å². The number of halogens is 2. The summed E-state index contributed by atoms with van der Waals surface area (Å²) in [6.45, 7) is 6.51. The lowest BCUT2D eigenvalue weighted by Crippen LogP contribution is -2.11. The summed E-state index contributed by atoms with van der Waals surface area (Å²) in [5.74, 6) is 0. The first-order valence-corrected chi connectivity index (χ1v) is 7.38. The number of rotatable bonds is 2. The zero-order valence-electron chi connectivity index (χ0n) is 10.6.